The van der Waals surface area contributed by atoms with Gasteiger partial charge in [-0.1, -0.05) is 43.5 Å². The fraction of sp³-hybridized carbons (Fsp3) is 0.208. The summed E-state index contributed by atoms with van der Waals surface area (Å²) >= 11 is 13.2. The number of rotatable bonds is 8. The SMILES string of the molecule is COc1cc(Br)c(C(NC(=O)c2ccc(Cl)cc2)c2cc(OC)c(OC)cc2Br)cc1OC. The molecule has 0 saturated heterocycles. The Balaban J connectivity index is 2.17. The average Bonchev–Trinajstić information content (AvgIpc) is 2.82. The van der Waals surface area contributed by atoms with Gasteiger partial charge >= 0.3 is 0 Å². The second-order valence-corrected chi connectivity index (χ2v) is 9.02. The molecule has 0 aliphatic heterocycles. The van der Waals surface area contributed by atoms with Crippen molar-refractivity contribution in [3.05, 3.63) is 79.2 Å². The third kappa shape index (κ3) is 5.57. The molecule has 9 heteroatoms. The summed E-state index contributed by atoms with van der Waals surface area (Å²) < 4.78 is 23.3. The predicted octanol–water partition coefficient (Wildman–Crippen LogP) is 6.42. The number of amides is 1. The van der Waals surface area contributed by atoms with Crippen molar-refractivity contribution in [1.82, 2.24) is 5.32 Å². The number of ether oxygens (including phenoxy) is 4. The minimum absolute atomic E-state index is 0.278. The fourth-order valence-corrected chi connectivity index (χ4v) is 4.55. The summed E-state index contributed by atoms with van der Waals surface area (Å²) in [6, 6.07) is 13.3. The maximum Gasteiger partial charge on any atom is 0.252 e. The van der Waals surface area contributed by atoms with Crippen LogP contribution in [0.25, 0.3) is 0 Å². The number of benzene rings is 3. The smallest absolute Gasteiger partial charge is 0.252 e. The van der Waals surface area contributed by atoms with E-state index in [-0.39, 0.29) is 5.91 Å². The van der Waals surface area contributed by atoms with Gasteiger partial charge in [-0.25, -0.2) is 0 Å². The predicted molar refractivity (Wildman–Crippen MR) is 135 cm³/mol. The van der Waals surface area contributed by atoms with Crippen LogP contribution < -0.4 is 24.3 Å². The highest BCUT2D eigenvalue weighted by atomic mass is 79.9. The molecule has 6 nitrogen and oxygen atoms in total. The summed E-state index contributed by atoms with van der Waals surface area (Å²) in [5, 5.41) is 3.66. The fourth-order valence-electron chi connectivity index (χ4n) is 3.32. The van der Waals surface area contributed by atoms with Gasteiger partial charge in [0.25, 0.3) is 5.91 Å². The van der Waals surface area contributed by atoms with Crippen LogP contribution in [0.2, 0.25) is 5.02 Å². The molecule has 0 spiro atoms. The molecule has 174 valence electrons. The van der Waals surface area contributed by atoms with Crippen molar-refractivity contribution in [3.63, 3.8) is 0 Å². The normalized spacial score (nSPS) is 10.7. The van der Waals surface area contributed by atoms with Crippen molar-refractivity contribution in [2.75, 3.05) is 28.4 Å². The van der Waals surface area contributed by atoms with E-state index < -0.39 is 6.04 Å². The molecule has 0 fully saturated rings. The Bertz CT molecular complexity index is 1090. The first-order valence-corrected chi connectivity index (χ1v) is 11.7. The third-order valence-corrected chi connectivity index (χ3v) is 6.64. The van der Waals surface area contributed by atoms with Gasteiger partial charge in [0.2, 0.25) is 0 Å². The lowest BCUT2D eigenvalue weighted by molar-refractivity contribution is 0.0942. The first-order valence-electron chi connectivity index (χ1n) is 9.72. The molecule has 0 aliphatic carbocycles. The van der Waals surface area contributed by atoms with E-state index in [9.17, 15) is 4.79 Å². The van der Waals surface area contributed by atoms with Crippen LogP contribution in [-0.4, -0.2) is 34.3 Å². The lowest BCUT2D eigenvalue weighted by Crippen LogP contribution is -2.30. The molecule has 1 amide bonds. The first kappa shape index (κ1) is 25.2. The highest BCUT2D eigenvalue weighted by Gasteiger charge is 2.26. The van der Waals surface area contributed by atoms with E-state index in [2.05, 4.69) is 37.2 Å². The molecule has 33 heavy (non-hydrogen) atoms. The van der Waals surface area contributed by atoms with Gasteiger partial charge in [-0.2, -0.15) is 0 Å². The number of hydrogen-bond donors (Lipinski definition) is 1. The average molecular weight is 600 g/mol. The Morgan fingerprint density at radius 1 is 0.758 bits per heavy atom. The monoisotopic (exact) mass is 597 g/mol. The summed E-state index contributed by atoms with van der Waals surface area (Å²) in [5.74, 6) is 1.89. The topological polar surface area (TPSA) is 66.0 Å². The van der Waals surface area contributed by atoms with Crippen LogP contribution in [0.15, 0.2) is 57.5 Å². The number of halogens is 3. The zero-order chi connectivity index (χ0) is 24.1. The molecule has 0 unspecified atom stereocenters. The number of carbonyl (C=O) groups excluding carboxylic acids is 1. The van der Waals surface area contributed by atoms with Gasteiger partial charge in [0.1, 0.15) is 0 Å². The molecule has 0 radical (unpaired) electrons. The van der Waals surface area contributed by atoms with E-state index in [1.807, 2.05) is 12.1 Å². The van der Waals surface area contributed by atoms with Gasteiger partial charge in [-0.3, -0.25) is 4.79 Å². The lowest BCUT2D eigenvalue weighted by atomic mass is 9.97. The van der Waals surface area contributed by atoms with E-state index in [1.165, 1.54) is 0 Å². The van der Waals surface area contributed by atoms with Crippen LogP contribution in [0.1, 0.15) is 27.5 Å². The number of carbonyl (C=O) groups is 1. The van der Waals surface area contributed by atoms with Crippen molar-refractivity contribution in [1.29, 1.82) is 0 Å². The molecule has 0 aliphatic rings. The summed E-state index contributed by atoms with van der Waals surface area (Å²) in [4.78, 5) is 13.2. The van der Waals surface area contributed by atoms with Crippen LogP contribution in [0.5, 0.6) is 23.0 Å². The molecule has 3 aromatic carbocycles. The van der Waals surface area contributed by atoms with E-state index >= 15 is 0 Å². The van der Waals surface area contributed by atoms with Crippen LogP contribution in [0, 0.1) is 0 Å². The third-order valence-electron chi connectivity index (χ3n) is 5.01. The molecular weight excluding hydrogens is 578 g/mol. The van der Waals surface area contributed by atoms with Gasteiger partial charge in [-0.15, -0.1) is 0 Å². The van der Waals surface area contributed by atoms with Crippen molar-refractivity contribution in [2.24, 2.45) is 0 Å². The van der Waals surface area contributed by atoms with E-state index in [0.29, 0.717) is 33.6 Å². The van der Waals surface area contributed by atoms with Gasteiger partial charge in [0.15, 0.2) is 23.0 Å². The molecule has 0 atom stereocenters. The number of methoxy groups -OCH3 is 4. The van der Waals surface area contributed by atoms with Gasteiger partial charge < -0.3 is 24.3 Å². The minimum Gasteiger partial charge on any atom is -0.493 e. The van der Waals surface area contributed by atoms with E-state index in [4.69, 9.17) is 30.5 Å². The van der Waals surface area contributed by atoms with Gasteiger partial charge in [-0.05, 0) is 59.7 Å². The zero-order valence-electron chi connectivity index (χ0n) is 18.4. The molecule has 0 saturated carbocycles. The molecular formula is C24H22Br2ClNO5. The number of hydrogen-bond acceptors (Lipinski definition) is 5. The summed E-state index contributed by atoms with van der Waals surface area (Å²) in [7, 11) is 6.25. The zero-order valence-corrected chi connectivity index (χ0v) is 22.3. The van der Waals surface area contributed by atoms with Crippen LogP contribution in [0.3, 0.4) is 0 Å². The standard InChI is InChI=1S/C24H22Br2ClNO5/c1-30-19-9-15(17(25)11-21(19)32-3)23(28-24(29)13-5-7-14(27)8-6-13)16-10-20(31-2)22(33-4)12-18(16)26/h5-12,23H,1-4H3,(H,28,29). The summed E-state index contributed by atoms with van der Waals surface area (Å²) in [5.41, 5.74) is 1.98. The second kappa shape index (κ2) is 11.1. The van der Waals surface area contributed by atoms with Crippen LogP contribution >= 0.6 is 43.5 Å². The van der Waals surface area contributed by atoms with Crippen molar-refractivity contribution in [3.8, 4) is 23.0 Å². The Labute approximate surface area is 214 Å². The maximum absolute atomic E-state index is 13.2. The lowest BCUT2D eigenvalue weighted by Gasteiger charge is -2.24. The maximum atomic E-state index is 13.2. The largest absolute Gasteiger partial charge is 0.493 e. The summed E-state index contributed by atoms with van der Waals surface area (Å²) in [6.45, 7) is 0. The quantitative estimate of drug-likeness (QED) is 0.324. The Hall–Kier alpha value is -2.42. The van der Waals surface area contributed by atoms with Gasteiger partial charge in [0.05, 0.1) is 34.5 Å². The Kier molecular flexibility index (Phi) is 8.51. The first-order chi connectivity index (χ1) is 15.8. The minimum atomic E-state index is -0.587. The van der Waals surface area contributed by atoms with E-state index in [0.717, 1.165) is 20.1 Å². The molecule has 1 N–H and O–H groups in total. The Morgan fingerprint density at radius 2 is 1.15 bits per heavy atom. The summed E-state index contributed by atoms with van der Waals surface area (Å²) in [6.07, 6.45) is 0. The molecule has 0 bridgehead atoms. The van der Waals surface area contributed by atoms with Crippen molar-refractivity contribution in [2.45, 2.75) is 6.04 Å². The van der Waals surface area contributed by atoms with Crippen molar-refractivity contribution < 1.29 is 23.7 Å². The van der Waals surface area contributed by atoms with Crippen LogP contribution in [-0.2, 0) is 0 Å². The molecule has 3 aromatic rings. The second-order valence-electron chi connectivity index (χ2n) is 6.87. The highest BCUT2D eigenvalue weighted by Crippen LogP contribution is 2.42. The molecule has 0 aromatic heterocycles. The highest BCUT2D eigenvalue weighted by molar-refractivity contribution is 9.10. The molecule has 3 rings (SSSR count). The van der Waals surface area contributed by atoms with E-state index in [1.54, 1.807) is 64.8 Å². The Morgan fingerprint density at radius 3 is 1.55 bits per heavy atom. The van der Waals surface area contributed by atoms with Gasteiger partial charge in [0, 0.05) is 19.5 Å². The molecule has 0 heterocycles. The van der Waals surface area contributed by atoms with Crippen LogP contribution in [0.4, 0.5) is 0 Å². The number of nitrogens with one attached hydrogen (secondary N) is 1. The van der Waals surface area contributed by atoms with Crippen molar-refractivity contribution >= 4 is 49.4 Å².